The molecule has 2 aromatic rings. The second-order valence-electron chi connectivity index (χ2n) is 3.73. The number of hydrogen-bond acceptors (Lipinski definition) is 3. The Morgan fingerprint density at radius 3 is 2.89 bits per heavy atom. The Hall–Kier alpha value is -2.50. The van der Waals surface area contributed by atoms with Crippen LogP contribution in [0.1, 0.15) is 16.1 Å². The lowest BCUT2D eigenvalue weighted by atomic mass is 10.3. The van der Waals surface area contributed by atoms with Crippen molar-refractivity contribution in [3.63, 3.8) is 0 Å². The fraction of sp³-hybridized carbons (Fsp3) is 0.167. The van der Waals surface area contributed by atoms with E-state index >= 15 is 0 Å². The molecule has 0 spiro atoms. The van der Waals surface area contributed by atoms with Crippen LogP contribution in [0.5, 0.6) is 0 Å². The summed E-state index contributed by atoms with van der Waals surface area (Å²) in [6.07, 6.45) is 4.62. The maximum Gasteiger partial charge on any atom is 0.352 e. The lowest BCUT2D eigenvalue weighted by molar-refractivity contribution is -0.121. The molecule has 0 radical (unpaired) electrons. The van der Waals surface area contributed by atoms with Crippen LogP contribution < -0.4 is 5.32 Å². The monoisotopic (exact) mass is 248 g/mol. The average Bonchev–Trinajstić information content (AvgIpc) is 2.96. The van der Waals surface area contributed by atoms with Crippen molar-refractivity contribution in [2.45, 2.75) is 13.1 Å². The van der Waals surface area contributed by atoms with E-state index < -0.39 is 5.97 Å². The quantitative estimate of drug-likeness (QED) is 0.829. The molecule has 6 nitrogen and oxygen atoms in total. The molecule has 0 atom stereocenters. The van der Waals surface area contributed by atoms with Gasteiger partial charge in [0, 0.05) is 18.3 Å². The van der Waals surface area contributed by atoms with Gasteiger partial charge in [-0.05, 0) is 18.2 Å². The van der Waals surface area contributed by atoms with Crippen molar-refractivity contribution in [3.8, 4) is 0 Å². The van der Waals surface area contributed by atoms with E-state index in [0.29, 0.717) is 6.54 Å². The number of nitrogens with zero attached hydrogens (tertiary/aromatic N) is 1. The highest BCUT2D eigenvalue weighted by molar-refractivity contribution is 5.86. The number of aromatic carboxylic acids is 1. The zero-order chi connectivity index (χ0) is 13.0. The molecule has 0 saturated heterocycles. The third kappa shape index (κ3) is 2.79. The van der Waals surface area contributed by atoms with Crippen molar-refractivity contribution in [2.24, 2.45) is 0 Å². The first-order chi connectivity index (χ1) is 8.66. The van der Waals surface area contributed by atoms with Gasteiger partial charge >= 0.3 is 5.97 Å². The van der Waals surface area contributed by atoms with Gasteiger partial charge < -0.3 is 19.4 Å². The number of hydrogen-bond donors (Lipinski definition) is 2. The minimum absolute atomic E-state index is 0.0213. The van der Waals surface area contributed by atoms with Gasteiger partial charge in [0.05, 0.1) is 12.5 Å². The number of furan rings is 1. The van der Waals surface area contributed by atoms with Crippen molar-refractivity contribution < 1.29 is 19.1 Å². The van der Waals surface area contributed by atoms with Crippen molar-refractivity contribution >= 4 is 11.9 Å². The highest BCUT2D eigenvalue weighted by atomic mass is 16.4. The van der Waals surface area contributed by atoms with Gasteiger partial charge in [0.2, 0.25) is 5.91 Å². The highest BCUT2D eigenvalue weighted by Crippen LogP contribution is 2.02. The van der Waals surface area contributed by atoms with Gasteiger partial charge in [-0.1, -0.05) is 0 Å². The Balaban J connectivity index is 1.91. The standard InChI is InChI=1S/C12H12N2O4/c15-11(13-6-9-3-5-18-8-9)7-14-4-1-2-10(14)12(16)17/h1-5,8H,6-7H2,(H,13,15)(H,16,17). The SMILES string of the molecule is O=C(Cn1cccc1C(=O)O)NCc1ccoc1. The van der Waals surface area contributed by atoms with Crippen molar-refractivity contribution in [1.82, 2.24) is 9.88 Å². The van der Waals surface area contributed by atoms with Crippen LogP contribution in [0.3, 0.4) is 0 Å². The molecule has 0 saturated carbocycles. The topological polar surface area (TPSA) is 84.5 Å². The van der Waals surface area contributed by atoms with Gasteiger partial charge in [0.1, 0.15) is 12.2 Å². The van der Waals surface area contributed by atoms with Crippen LogP contribution >= 0.6 is 0 Å². The van der Waals surface area contributed by atoms with E-state index in [1.807, 2.05) is 0 Å². The molecule has 0 unspecified atom stereocenters. The molecular formula is C12H12N2O4. The zero-order valence-electron chi connectivity index (χ0n) is 9.50. The molecule has 2 heterocycles. The summed E-state index contributed by atoms with van der Waals surface area (Å²) >= 11 is 0. The Kier molecular flexibility index (Phi) is 3.47. The van der Waals surface area contributed by atoms with Crippen LogP contribution in [0.15, 0.2) is 41.3 Å². The van der Waals surface area contributed by atoms with Crippen LogP contribution in [-0.2, 0) is 17.9 Å². The van der Waals surface area contributed by atoms with Crippen LogP contribution in [0, 0.1) is 0 Å². The predicted molar refractivity (Wildman–Crippen MR) is 61.9 cm³/mol. The first-order valence-corrected chi connectivity index (χ1v) is 5.33. The molecule has 2 N–H and O–H groups in total. The molecule has 94 valence electrons. The summed E-state index contributed by atoms with van der Waals surface area (Å²) in [5, 5.41) is 11.6. The fourth-order valence-electron chi connectivity index (χ4n) is 1.55. The molecule has 0 bridgehead atoms. The summed E-state index contributed by atoms with van der Waals surface area (Å²) in [4.78, 5) is 22.5. The molecule has 0 aliphatic rings. The minimum Gasteiger partial charge on any atom is -0.477 e. The van der Waals surface area contributed by atoms with Crippen LogP contribution in [-0.4, -0.2) is 21.6 Å². The first kappa shape index (κ1) is 12.0. The maximum absolute atomic E-state index is 11.6. The van der Waals surface area contributed by atoms with Crippen LogP contribution in [0.25, 0.3) is 0 Å². The number of carbonyl (C=O) groups is 2. The van der Waals surface area contributed by atoms with E-state index in [1.54, 1.807) is 24.6 Å². The zero-order valence-corrected chi connectivity index (χ0v) is 9.50. The fourth-order valence-corrected chi connectivity index (χ4v) is 1.55. The van der Waals surface area contributed by atoms with Crippen molar-refractivity contribution in [3.05, 3.63) is 48.2 Å². The summed E-state index contributed by atoms with van der Waals surface area (Å²) in [5.41, 5.74) is 0.947. The largest absolute Gasteiger partial charge is 0.477 e. The van der Waals surface area contributed by atoms with E-state index in [-0.39, 0.29) is 18.1 Å². The maximum atomic E-state index is 11.6. The normalized spacial score (nSPS) is 10.2. The lowest BCUT2D eigenvalue weighted by Gasteiger charge is -2.06. The predicted octanol–water partition coefficient (Wildman–Crippen LogP) is 1.10. The number of carboxylic acids is 1. The third-order valence-electron chi connectivity index (χ3n) is 2.43. The van der Waals surface area contributed by atoms with Gasteiger partial charge in [-0.25, -0.2) is 4.79 Å². The van der Waals surface area contributed by atoms with Gasteiger partial charge in [0.15, 0.2) is 0 Å². The van der Waals surface area contributed by atoms with Gasteiger partial charge in [-0.2, -0.15) is 0 Å². The van der Waals surface area contributed by atoms with Gasteiger partial charge in [0.25, 0.3) is 0 Å². The molecule has 0 aliphatic carbocycles. The average molecular weight is 248 g/mol. The third-order valence-corrected chi connectivity index (χ3v) is 2.43. The van der Waals surface area contributed by atoms with E-state index in [1.165, 1.54) is 16.9 Å². The van der Waals surface area contributed by atoms with Gasteiger partial charge in [-0.15, -0.1) is 0 Å². The highest BCUT2D eigenvalue weighted by Gasteiger charge is 2.11. The molecule has 0 fully saturated rings. The Labute approximate surface area is 103 Å². The molecular weight excluding hydrogens is 236 g/mol. The number of rotatable bonds is 5. The second-order valence-corrected chi connectivity index (χ2v) is 3.73. The molecule has 6 heteroatoms. The van der Waals surface area contributed by atoms with E-state index in [9.17, 15) is 9.59 Å². The van der Waals surface area contributed by atoms with Crippen LogP contribution in [0.2, 0.25) is 0 Å². The van der Waals surface area contributed by atoms with E-state index in [4.69, 9.17) is 9.52 Å². The van der Waals surface area contributed by atoms with E-state index in [0.717, 1.165) is 5.56 Å². The van der Waals surface area contributed by atoms with Crippen molar-refractivity contribution in [1.29, 1.82) is 0 Å². The summed E-state index contributed by atoms with van der Waals surface area (Å²) in [7, 11) is 0. The van der Waals surface area contributed by atoms with Crippen LogP contribution in [0.4, 0.5) is 0 Å². The van der Waals surface area contributed by atoms with Crippen molar-refractivity contribution in [2.75, 3.05) is 0 Å². The first-order valence-electron chi connectivity index (χ1n) is 5.33. The molecule has 2 aromatic heterocycles. The summed E-state index contributed by atoms with van der Waals surface area (Å²) in [6.45, 7) is 0.339. The lowest BCUT2D eigenvalue weighted by Crippen LogP contribution is -2.27. The number of amides is 1. The number of nitrogens with one attached hydrogen (secondary N) is 1. The number of carboxylic acid groups (broad SMARTS) is 1. The van der Waals surface area contributed by atoms with E-state index in [2.05, 4.69) is 5.32 Å². The summed E-state index contributed by atoms with van der Waals surface area (Å²) < 4.78 is 6.25. The Morgan fingerprint density at radius 2 is 2.22 bits per heavy atom. The smallest absolute Gasteiger partial charge is 0.352 e. The molecule has 2 rings (SSSR count). The second kappa shape index (κ2) is 5.22. The Bertz CT molecular complexity index is 542. The molecule has 0 aliphatic heterocycles. The molecule has 18 heavy (non-hydrogen) atoms. The molecule has 1 amide bonds. The number of aromatic nitrogens is 1. The van der Waals surface area contributed by atoms with Gasteiger partial charge in [-0.3, -0.25) is 4.79 Å². The minimum atomic E-state index is -1.05. The Morgan fingerprint density at radius 1 is 1.39 bits per heavy atom. The number of carbonyl (C=O) groups excluding carboxylic acids is 1. The summed E-state index contributed by atoms with van der Waals surface area (Å²) in [5.74, 6) is -1.31. The summed E-state index contributed by atoms with van der Waals surface area (Å²) in [6, 6.07) is 4.79. The molecule has 0 aromatic carbocycles.